The van der Waals surface area contributed by atoms with Crippen molar-refractivity contribution in [2.45, 2.75) is 85.1 Å². The third kappa shape index (κ3) is 6.34. The standard InChI is InChI=1S/C35H44N2O6S/c1-11-13-25-28(32(40)43-12-2)29(22-19-21(41-9)14-15-26(22)42-10)37-31(39)27(44-33(37)36-25)18-20-16-23(34(3,4)5)30(38)24(17-20)35(6,7)8/h14-19,29,38H,11-13H2,1-10H3/b27-18+/t29-/m0/s1. The number of ether oxygens (including phenoxy) is 3. The average Bonchev–Trinajstić information content (AvgIpc) is 3.25. The van der Waals surface area contributed by atoms with Crippen LogP contribution in [0.4, 0.5) is 0 Å². The molecule has 4 rings (SSSR count). The molecular weight excluding hydrogens is 576 g/mol. The number of carbonyl (C=O) groups is 1. The van der Waals surface area contributed by atoms with E-state index in [4.69, 9.17) is 19.2 Å². The smallest absolute Gasteiger partial charge is 0.338 e. The van der Waals surface area contributed by atoms with E-state index in [1.165, 1.54) is 11.3 Å². The molecule has 1 aliphatic rings. The minimum Gasteiger partial charge on any atom is -0.507 e. The Balaban J connectivity index is 2.09. The van der Waals surface area contributed by atoms with Gasteiger partial charge < -0.3 is 19.3 Å². The van der Waals surface area contributed by atoms with Crippen molar-refractivity contribution in [3.05, 3.63) is 83.5 Å². The number of rotatable bonds is 8. The highest BCUT2D eigenvalue weighted by Crippen LogP contribution is 2.41. The van der Waals surface area contributed by atoms with Crippen LogP contribution in [0.5, 0.6) is 17.2 Å². The van der Waals surface area contributed by atoms with Gasteiger partial charge in [0.25, 0.3) is 5.56 Å². The molecule has 0 aliphatic carbocycles. The summed E-state index contributed by atoms with van der Waals surface area (Å²) in [5.41, 5.74) is 2.97. The van der Waals surface area contributed by atoms with Crippen LogP contribution < -0.4 is 24.4 Å². The fourth-order valence-corrected chi connectivity index (χ4v) is 6.52. The number of thiazole rings is 1. The third-order valence-electron chi connectivity index (χ3n) is 7.67. The fourth-order valence-electron chi connectivity index (χ4n) is 5.50. The number of esters is 1. The molecule has 0 bridgehead atoms. The van der Waals surface area contributed by atoms with Crippen molar-refractivity contribution >= 4 is 23.4 Å². The molecule has 0 radical (unpaired) electrons. The summed E-state index contributed by atoms with van der Waals surface area (Å²) in [5.74, 6) is 0.825. The number of allylic oxidation sites excluding steroid dienone is 1. The molecule has 1 aromatic heterocycles. The summed E-state index contributed by atoms with van der Waals surface area (Å²) in [6.07, 6.45) is 3.13. The highest BCUT2D eigenvalue weighted by Gasteiger charge is 2.36. The summed E-state index contributed by atoms with van der Waals surface area (Å²) in [7, 11) is 3.12. The van der Waals surface area contributed by atoms with Crippen molar-refractivity contribution in [2.75, 3.05) is 20.8 Å². The van der Waals surface area contributed by atoms with Crippen molar-refractivity contribution in [3.8, 4) is 17.2 Å². The van der Waals surface area contributed by atoms with Crippen molar-refractivity contribution in [3.63, 3.8) is 0 Å². The van der Waals surface area contributed by atoms with Crippen molar-refractivity contribution in [2.24, 2.45) is 4.99 Å². The van der Waals surface area contributed by atoms with E-state index in [1.807, 2.05) is 25.1 Å². The number of aromatic nitrogens is 1. The Hall–Kier alpha value is -3.85. The Morgan fingerprint density at radius 3 is 2.18 bits per heavy atom. The second-order valence-electron chi connectivity index (χ2n) is 13.0. The van der Waals surface area contributed by atoms with E-state index in [2.05, 4.69) is 41.5 Å². The molecule has 2 aromatic carbocycles. The van der Waals surface area contributed by atoms with Gasteiger partial charge in [-0.25, -0.2) is 9.79 Å². The summed E-state index contributed by atoms with van der Waals surface area (Å²) in [6, 6.07) is 8.38. The van der Waals surface area contributed by atoms with Crippen LogP contribution in [-0.4, -0.2) is 36.5 Å². The van der Waals surface area contributed by atoms with Gasteiger partial charge in [0.15, 0.2) is 4.80 Å². The second-order valence-corrected chi connectivity index (χ2v) is 14.0. The number of carbonyl (C=O) groups excluding carboxylic acids is 1. The highest BCUT2D eigenvalue weighted by molar-refractivity contribution is 7.07. The highest BCUT2D eigenvalue weighted by atomic mass is 32.1. The van der Waals surface area contributed by atoms with E-state index in [0.717, 1.165) is 23.1 Å². The van der Waals surface area contributed by atoms with Crippen LogP contribution in [0.1, 0.15) is 96.5 Å². The lowest BCUT2D eigenvalue weighted by Gasteiger charge is -2.27. The Morgan fingerprint density at radius 2 is 1.66 bits per heavy atom. The van der Waals surface area contributed by atoms with Crippen LogP contribution in [0.25, 0.3) is 6.08 Å². The zero-order chi connectivity index (χ0) is 32.6. The van der Waals surface area contributed by atoms with E-state index in [-0.39, 0.29) is 28.7 Å². The van der Waals surface area contributed by atoms with Crippen LogP contribution in [0.3, 0.4) is 0 Å². The van der Waals surface area contributed by atoms with Gasteiger partial charge in [-0.15, -0.1) is 0 Å². The predicted octanol–water partition coefficient (Wildman–Crippen LogP) is 5.90. The molecule has 44 heavy (non-hydrogen) atoms. The molecule has 0 saturated heterocycles. The first-order chi connectivity index (χ1) is 20.7. The largest absolute Gasteiger partial charge is 0.507 e. The zero-order valence-electron chi connectivity index (χ0n) is 27.5. The molecule has 0 unspecified atom stereocenters. The van der Waals surface area contributed by atoms with Crippen LogP contribution >= 0.6 is 11.3 Å². The van der Waals surface area contributed by atoms with Gasteiger partial charge in [0.2, 0.25) is 0 Å². The number of fused-ring (bicyclic) bond motifs is 1. The molecule has 0 saturated carbocycles. The number of phenols is 1. The van der Waals surface area contributed by atoms with Gasteiger partial charge in [-0.05, 0) is 66.1 Å². The van der Waals surface area contributed by atoms with Gasteiger partial charge in [-0.1, -0.05) is 66.2 Å². The summed E-state index contributed by atoms with van der Waals surface area (Å²) in [5, 5.41) is 11.2. The van der Waals surface area contributed by atoms with E-state index in [9.17, 15) is 14.7 Å². The summed E-state index contributed by atoms with van der Waals surface area (Å²) >= 11 is 1.27. The first kappa shape index (κ1) is 33.1. The molecular formula is C35H44N2O6S. The Bertz CT molecular complexity index is 1750. The molecule has 236 valence electrons. The second kappa shape index (κ2) is 12.6. The number of hydrogen-bond donors (Lipinski definition) is 1. The first-order valence-electron chi connectivity index (χ1n) is 15.0. The Kier molecular flexibility index (Phi) is 9.49. The van der Waals surface area contributed by atoms with Gasteiger partial charge >= 0.3 is 5.97 Å². The van der Waals surface area contributed by atoms with E-state index >= 15 is 0 Å². The number of nitrogens with zero attached hydrogens (tertiary/aromatic N) is 2. The quantitative estimate of drug-likeness (QED) is 0.315. The van der Waals surface area contributed by atoms with E-state index in [0.29, 0.717) is 44.1 Å². The molecule has 8 nitrogen and oxygen atoms in total. The average molecular weight is 621 g/mol. The number of phenolic OH excluding ortho intramolecular Hbond substituents is 1. The van der Waals surface area contributed by atoms with Crippen molar-refractivity contribution in [1.82, 2.24) is 4.57 Å². The van der Waals surface area contributed by atoms with E-state index in [1.54, 1.807) is 43.9 Å². The topological polar surface area (TPSA) is 99.4 Å². The molecule has 0 fully saturated rings. The van der Waals surface area contributed by atoms with Crippen LogP contribution in [0.15, 0.2) is 51.4 Å². The SMILES string of the molecule is CCCC1=C(C(=O)OCC)[C@H](c2cc(OC)ccc2OC)n2c(s/c(=C/c3cc(C(C)(C)C)c(O)c(C(C)(C)C)c3)c2=O)=N1. The number of methoxy groups -OCH3 is 2. The van der Waals surface area contributed by atoms with Crippen molar-refractivity contribution < 1.29 is 24.1 Å². The maximum Gasteiger partial charge on any atom is 0.338 e. The van der Waals surface area contributed by atoms with Crippen molar-refractivity contribution in [1.29, 1.82) is 0 Å². The molecule has 3 aromatic rings. The first-order valence-corrected chi connectivity index (χ1v) is 15.8. The molecule has 1 atom stereocenters. The fraction of sp³-hybridized carbons (Fsp3) is 0.457. The van der Waals surface area contributed by atoms with Crippen LogP contribution in [-0.2, 0) is 20.4 Å². The van der Waals surface area contributed by atoms with Gasteiger partial charge in [0.1, 0.15) is 23.3 Å². The van der Waals surface area contributed by atoms with Gasteiger partial charge in [-0.3, -0.25) is 9.36 Å². The molecule has 9 heteroatoms. The maximum absolute atomic E-state index is 14.4. The minimum atomic E-state index is -0.839. The van der Waals surface area contributed by atoms with Crippen LogP contribution in [0, 0.1) is 0 Å². The summed E-state index contributed by atoms with van der Waals surface area (Å²) in [6.45, 7) is 16.3. The van der Waals surface area contributed by atoms with Gasteiger partial charge in [0, 0.05) is 16.7 Å². The lowest BCUT2D eigenvalue weighted by atomic mass is 9.78. The predicted molar refractivity (Wildman–Crippen MR) is 175 cm³/mol. The number of aromatic hydroxyl groups is 1. The normalized spacial score (nSPS) is 15.6. The van der Waals surface area contributed by atoms with E-state index < -0.39 is 12.0 Å². The zero-order valence-corrected chi connectivity index (χ0v) is 28.3. The molecule has 0 spiro atoms. The monoisotopic (exact) mass is 620 g/mol. The molecule has 1 aliphatic heterocycles. The summed E-state index contributed by atoms with van der Waals surface area (Å²) < 4.78 is 18.8. The molecule has 1 N–H and O–H groups in total. The number of benzene rings is 2. The third-order valence-corrected chi connectivity index (χ3v) is 8.65. The van der Waals surface area contributed by atoms with Crippen LogP contribution in [0.2, 0.25) is 0 Å². The number of hydrogen-bond acceptors (Lipinski definition) is 8. The lowest BCUT2D eigenvalue weighted by molar-refractivity contribution is -0.139. The lowest BCUT2D eigenvalue weighted by Crippen LogP contribution is -2.40. The molecule has 0 amide bonds. The minimum absolute atomic E-state index is 0.182. The van der Waals surface area contributed by atoms with Gasteiger partial charge in [0.05, 0.1) is 36.6 Å². The Labute approximate surface area is 263 Å². The Morgan fingerprint density at radius 1 is 1.02 bits per heavy atom. The van der Waals surface area contributed by atoms with Gasteiger partial charge in [-0.2, -0.15) is 0 Å². The molecule has 2 heterocycles. The maximum atomic E-state index is 14.4. The summed E-state index contributed by atoms with van der Waals surface area (Å²) in [4.78, 5) is 33.3.